The van der Waals surface area contributed by atoms with Crippen molar-refractivity contribution in [3.8, 4) is 11.4 Å². The third-order valence-electron chi connectivity index (χ3n) is 5.64. The lowest BCUT2D eigenvalue weighted by molar-refractivity contribution is 0.0531. The van der Waals surface area contributed by atoms with Gasteiger partial charge in [-0.1, -0.05) is 17.3 Å². The van der Waals surface area contributed by atoms with Gasteiger partial charge in [-0.2, -0.15) is 4.98 Å². The van der Waals surface area contributed by atoms with Crippen molar-refractivity contribution in [3.63, 3.8) is 0 Å². The van der Waals surface area contributed by atoms with Crippen LogP contribution in [0.5, 0.6) is 0 Å². The van der Waals surface area contributed by atoms with Gasteiger partial charge in [0.2, 0.25) is 11.7 Å². The molecule has 0 unspecified atom stereocenters. The second-order valence-electron chi connectivity index (χ2n) is 7.89. The van der Waals surface area contributed by atoms with Crippen molar-refractivity contribution in [3.05, 3.63) is 57.7 Å². The topological polar surface area (TPSA) is 110 Å². The summed E-state index contributed by atoms with van der Waals surface area (Å²) >= 11 is 1.21. The Morgan fingerprint density at radius 2 is 2.18 bits per heavy atom. The van der Waals surface area contributed by atoms with E-state index in [1.54, 1.807) is 31.0 Å². The minimum Gasteiger partial charge on any atom is -0.462 e. The summed E-state index contributed by atoms with van der Waals surface area (Å²) in [6.07, 6.45) is 2.47. The van der Waals surface area contributed by atoms with Crippen LogP contribution in [-0.4, -0.2) is 58.1 Å². The van der Waals surface area contributed by atoms with Gasteiger partial charge in [-0.05, 0) is 42.5 Å². The zero-order valence-electron chi connectivity index (χ0n) is 18.8. The molecule has 1 N–H and O–H groups in total. The zero-order chi connectivity index (χ0) is 23.7. The highest BCUT2D eigenvalue weighted by molar-refractivity contribution is 7.16. The van der Waals surface area contributed by atoms with Gasteiger partial charge in [-0.25, -0.2) is 9.78 Å². The van der Waals surface area contributed by atoms with Crippen LogP contribution >= 0.6 is 11.3 Å². The second-order valence-corrected chi connectivity index (χ2v) is 8.94. The van der Waals surface area contributed by atoms with Crippen molar-refractivity contribution in [1.82, 2.24) is 20.0 Å². The Kier molecular flexibility index (Phi) is 5.97. The van der Waals surface area contributed by atoms with E-state index < -0.39 is 0 Å². The number of nitrogens with one attached hydrogen (secondary N) is 1. The molecule has 4 aromatic rings. The Morgan fingerprint density at radius 1 is 1.29 bits per heavy atom. The average Bonchev–Trinajstić information content (AvgIpc) is 3.47. The van der Waals surface area contributed by atoms with Gasteiger partial charge in [0.15, 0.2) is 0 Å². The SMILES string of the molecule is CCOC(=O)c1cc2c(s1)C(=O)N(CCNc1nccc3ccc(-c4noc(C)n4)cc13)CC2. The van der Waals surface area contributed by atoms with Gasteiger partial charge in [-0.3, -0.25) is 4.79 Å². The molecule has 0 radical (unpaired) electrons. The Labute approximate surface area is 199 Å². The van der Waals surface area contributed by atoms with E-state index in [0.29, 0.717) is 47.7 Å². The molecule has 0 spiro atoms. The number of esters is 1. The van der Waals surface area contributed by atoms with Crippen LogP contribution in [0.4, 0.5) is 5.82 Å². The van der Waals surface area contributed by atoms with Crippen molar-refractivity contribution >= 4 is 39.8 Å². The lowest BCUT2D eigenvalue weighted by Gasteiger charge is -2.26. The molecule has 34 heavy (non-hydrogen) atoms. The van der Waals surface area contributed by atoms with E-state index >= 15 is 0 Å². The summed E-state index contributed by atoms with van der Waals surface area (Å²) in [5.74, 6) is 1.34. The number of anilines is 1. The number of benzene rings is 1. The van der Waals surface area contributed by atoms with E-state index in [9.17, 15) is 9.59 Å². The number of rotatable bonds is 7. The summed E-state index contributed by atoms with van der Waals surface area (Å²) in [5.41, 5.74) is 1.76. The van der Waals surface area contributed by atoms with E-state index in [-0.39, 0.29) is 11.9 Å². The number of hydrogen-bond donors (Lipinski definition) is 1. The monoisotopic (exact) mass is 477 g/mol. The van der Waals surface area contributed by atoms with Gasteiger partial charge in [0.25, 0.3) is 5.91 Å². The lowest BCUT2D eigenvalue weighted by atomic mass is 10.1. The number of hydrogen-bond acceptors (Lipinski definition) is 9. The van der Waals surface area contributed by atoms with E-state index in [0.717, 1.165) is 34.1 Å². The highest BCUT2D eigenvalue weighted by atomic mass is 32.1. The molecule has 0 aliphatic carbocycles. The highest BCUT2D eigenvalue weighted by Gasteiger charge is 2.28. The smallest absolute Gasteiger partial charge is 0.348 e. The molecule has 0 saturated heterocycles. The first kappa shape index (κ1) is 22.0. The normalized spacial score (nSPS) is 13.2. The minimum atomic E-state index is -0.375. The molecule has 1 aromatic carbocycles. The van der Waals surface area contributed by atoms with Crippen LogP contribution in [0.25, 0.3) is 22.2 Å². The van der Waals surface area contributed by atoms with E-state index in [1.807, 2.05) is 24.3 Å². The number of ether oxygens (including phenoxy) is 1. The molecule has 0 bridgehead atoms. The van der Waals surface area contributed by atoms with Crippen molar-refractivity contribution in [2.75, 3.05) is 31.6 Å². The molecule has 174 valence electrons. The van der Waals surface area contributed by atoms with Gasteiger partial charge in [-0.15, -0.1) is 11.3 Å². The van der Waals surface area contributed by atoms with Gasteiger partial charge in [0.05, 0.1) is 11.5 Å². The van der Waals surface area contributed by atoms with Crippen LogP contribution in [0, 0.1) is 6.92 Å². The van der Waals surface area contributed by atoms with Crippen molar-refractivity contribution in [1.29, 1.82) is 0 Å². The van der Waals surface area contributed by atoms with E-state index in [4.69, 9.17) is 9.26 Å². The molecule has 4 heterocycles. The summed E-state index contributed by atoms with van der Waals surface area (Å²) in [6, 6.07) is 9.66. The maximum atomic E-state index is 13.0. The molecule has 0 atom stereocenters. The lowest BCUT2D eigenvalue weighted by Crippen LogP contribution is -2.39. The van der Waals surface area contributed by atoms with Crippen LogP contribution in [0.1, 0.15) is 37.7 Å². The van der Waals surface area contributed by atoms with Crippen LogP contribution in [0.2, 0.25) is 0 Å². The molecule has 0 saturated carbocycles. The first-order valence-electron chi connectivity index (χ1n) is 11.1. The van der Waals surface area contributed by atoms with Crippen LogP contribution in [0.3, 0.4) is 0 Å². The summed E-state index contributed by atoms with van der Waals surface area (Å²) in [6.45, 7) is 5.50. The summed E-state index contributed by atoms with van der Waals surface area (Å²) < 4.78 is 10.2. The number of aromatic nitrogens is 3. The number of amides is 1. The quantitative estimate of drug-likeness (QED) is 0.399. The van der Waals surface area contributed by atoms with Crippen LogP contribution < -0.4 is 5.32 Å². The molecular weight excluding hydrogens is 454 g/mol. The standard InChI is InChI=1S/C24H23N5O4S/c1-3-32-24(31)19-13-16-7-10-29(23(30)20(16)34-19)11-9-26-22-18-12-17(21-27-14(2)33-28-21)5-4-15(18)6-8-25-22/h4-6,8,12-13H,3,7,9-11H2,1-2H3,(H,25,26). The molecule has 10 heteroatoms. The van der Waals surface area contributed by atoms with Crippen LogP contribution in [0.15, 0.2) is 41.1 Å². The van der Waals surface area contributed by atoms with E-state index in [2.05, 4.69) is 20.4 Å². The van der Waals surface area contributed by atoms with Gasteiger partial charge >= 0.3 is 5.97 Å². The maximum absolute atomic E-state index is 13.0. The first-order chi connectivity index (χ1) is 16.5. The van der Waals surface area contributed by atoms with Gasteiger partial charge in [0.1, 0.15) is 10.7 Å². The predicted octanol–water partition coefficient (Wildman–Crippen LogP) is 3.94. The molecule has 5 rings (SSSR count). The summed E-state index contributed by atoms with van der Waals surface area (Å²) in [5, 5.41) is 9.33. The second kappa shape index (κ2) is 9.22. The Morgan fingerprint density at radius 3 is 2.97 bits per heavy atom. The number of carbonyl (C=O) groups is 2. The minimum absolute atomic E-state index is 0.0516. The van der Waals surface area contributed by atoms with Crippen molar-refractivity contribution < 1.29 is 18.8 Å². The number of pyridine rings is 1. The summed E-state index contributed by atoms with van der Waals surface area (Å²) in [7, 11) is 0. The average molecular weight is 478 g/mol. The van der Waals surface area contributed by atoms with Crippen molar-refractivity contribution in [2.24, 2.45) is 0 Å². The zero-order valence-corrected chi connectivity index (χ0v) is 19.6. The van der Waals surface area contributed by atoms with Gasteiger partial charge in [0, 0.05) is 43.7 Å². The third kappa shape index (κ3) is 4.24. The Hall–Kier alpha value is -3.79. The molecule has 1 amide bonds. The number of aryl methyl sites for hydroxylation is 1. The third-order valence-corrected chi connectivity index (χ3v) is 6.79. The molecular formula is C24H23N5O4S. The molecule has 3 aromatic heterocycles. The number of carbonyl (C=O) groups excluding carboxylic acids is 2. The highest BCUT2D eigenvalue weighted by Crippen LogP contribution is 2.29. The number of thiophene rings is 1. The maximum Gasteiger partial charge on any atom is 0.348 e. The van der Waals surface area contributed by atoms with Crippen molar-refractivity contribution in [2.45, 2.75) is 20.3 Å². The fraction of sp³-hybridized carbons (Fsp3) is 0.292. The first-order valence-corrected chi connectivity index (χ1v) is 11.9. The molecule has 1 aliphatic heterocycles. The van der Waals surface area contributed by atoms with Gasteiger partial charge < -0.3 is 19.5 Å². The van der Waals surface area contributed by atoms with E-state index in [1.165, 1.54) is 11.3 Å². The predicted molar refractivity (Wildman–Crippen MR) is 128 cm³/mol. The fourth-order valence-corrected chi connectivity index (χ4v) is 5.06. The summed E-state index contributed by atoms with van der Waals surface area (Å²) in [4.78, 5) is 36.7. The molecule has 0 fully saturated rings. The Balaban J connectivity index is 1.28. The molecule has 9 nitrogen and oxygen atoms in total. The Bertz CT molecular complexity index is 1380. The van der Waals surface area contributed by atoms with Crippen LogP contribution in [-0.2, 0) is 11.2 Å². The number of fused-ring (bicyclic) bond motifs is 2. The molecule has 1 aliphatic rings. The number of nitrogens with zero attached hydrogens (tertiary/aromatic N) is 4. The largest absolute Gasteiger partial charge is 0.462 e. The fourth-order valence-electron chi connectivity index (χ4n) is 3.99.